The van der Waals surface area contributed by atoms with Crippen LogP contribution in [0.25, 0.3) is 0 Å². The van der Waals surface area contributed by atoms with Crippen LogP contribution in [0.3, 0.4) is 0 Å². The van der Waals surface area contributed by atoms with E-state index < -0.39 is 0 Å². The van der Waals surface area contributed by atoms with Crippen LogP contribution in [-0.2, 0) is 4.79 Å². The number of hydrogen-bond acceptors (Lipinski definition) is 2. The van der Waals surface area contributed by atoms with Crippen LogP contribution < -0.4 is 5.32 Å². The maximum Gasteiger partial charge on any atom is 0.238 e. The molecule has 0 aliphatic carbocycles. The summed E-state index contributed by atoms with van der Waals surface area (Å²) < 4.78 is 0. The number of carbonyl (C=O) groups is 1. The largest absolute Gasteiger partial charge is 0.347 e. The van der Waals surface area contributed by atoms with Gasteiger partial charge in [0.2, 0.25) is 5.91 Å². The first-order valence-corrected chi connectivity index (χ1v) is 6.79. The molecular weight excluding hydrogens is 236 g/mol. The van der Waals surface area contributed by atoms with Crippen molar-refractivity contribution in [3.05, 3.63) is 34.4 Å². The van der Waals surface area contributed by atoms with Gasteiger partial charge in [0.15, 0.2) is 0 Å². The molecule has 2 unspecified atom stereocenters. The Kier molecular flexibility index (Phi) is 5.12. The molecule has 0 fully saturated rings. The Morgan fingerprint density at radius 3 is 2.11 bits per heavy atom. The van der Waals surface area contributed by atoms with Gasteiger partial charge in [0.1, 0.15) is 0 Å². The van der Waals surface area contributed by atoms with Crippen molar-refractivity contribution >= 4 is 5.91 Å². The van der Waals surface area contributed by atoms with Crippen LogP contribution >= 0.6 is 0 Å². The highest BCUT2D eigenvalue weighted by Crippen LogP contribution is 2.22. The molecule has 2 atom stereocenters. The van der Waals surface area contributed by atoms with Gasteiger partial charge in [0.25, 0.3) is 0 Å². The fraction of sp³-hybridized carbons (Fsp3) is 0.562. The molecule has 0 aliphatic rings. The van der Waals surface area contributed by atoms with Crippen LogP contribution in [0, 0.1) is 20.8 Å². The summed E-state index contributed by atoms with van der Waals surface area (Å²) in [6.45, 7) is 10.4. The zero-order valence-corrected chi connectivity index (χ0v) is 13.2. The molecule has 0 heterocycles. The quantitative estimate of drug-likeness (QED) is 0.905. The minimum atomic E-state index is -0.175. The second-order valence-corrected chi connectivity index (χ2v) is 5.64. The molecule has 0 saturated heterocycles. The number of benzene rings is 1. The number of amides is 1. The average Bonchev–Trinajstić information content (AvgIpc) is 2.32. The maximum atomic E-state index is 11.9. The predicted molar refractivity (Wildman–Crippen MR) is 80.4 cm³/mol. The Hall–Kier alpha value is -1.35. The van der Waals surface area contributed by atoms with Crippen LogP contribution in [0.15, 0.2) is 12.1 Å². The zero-order valence-electron chi connectivity index (χ0n) is 13.2. The lowest BCUT2D eigenvalue weighted by Crippen LogP contribution is -2.42. The second-order valence-electron chi connectivity index (χ2n) is 5.64. The molecule has 106 valence electrons. The topological polar surface area (TPSA) is 32.3 Å². The number of likely N-dealkylation sites (N-methyl/N-ethyl adjacent to an activating group) is 1. The minimum Gasteiger partial charge on any atom is -0.347 e. The van der Waals surface area contributed by atoms with Crippen molar-refractivity contribution in [3.63, 3.8) is 0 Å². The van der Waals surface area contributed by atoms with Crippen LogP contribution in [0.4, 0.5) is 0 Å². The Labute approximate surface area is 117 Å². The lowest BCUT2D eigenvalue weighted by molar-refractivity contribution is -0.130. The third kappa shape index (κ3) is 3.80. The van der Waals surface area contributed by atoms with Gasteiger partial charge in [-0.15, -0.1) is 0 Å². The number of nitrogens with zero attached hydrogens (tertiary/aromatic N) is 1. The molecule has 0 aromatic heterocycles. The molecule has 0 saturated carbocycles. The minimum absolute atomic E-state index is 0.105. The second kappa shape index (κ2) is 6.20. The van der Waals surface area contributed by atoms with Gasteiger partial charge in [-0.3, -0.25) is 10.1 Å². The third-order valence-corrected chi connectivity index (χ3v) is 3.66. The normalized spacial score (nSPS) is 14.1. The highest BCUT2D eigenvalue weighted by Gasteiger charge is 2.18. The number of aryl methyl sites for hydroxylation is 3. The van der Waals surface area contributed by atoms with Gasteiger partial charge >= 0.3 is 0 Å². The monoisotopic (exact) mass is 262 g/mol. The fourth-order valence-electron chi connectivity index (χ4n) is 2.37. The van der Waals surface area contributed by atoms with Crippen molar-refractivity contribution in [2.24, 2.45) is 0 Å². The Balaban J connectivity index is 2.87. The molecule has 3 nitrogen and oxygen atoms in total. The van der Waals surface area contributed by atoms with E-state index in [2.05, 4.69) is 45.1 Å². The lowest BCUT2D eigenvalue weighted by Gasteiger charge is -2.24. The summed E-state index contributed by atoms with van der Waals surface area (Å²) in [7, 11) is 3.57. The summed E-state index contributed by atoms with van der Waals surface area (Å²) in [5.41, 5.74) is 5.14. The molecule has 0 radical (unpaired) electrons. The van der Waals surface area contributed by atoms with Crippen LogP contribution in [0.1, 0.15) is 42.1 Å². The molecule has 3 heteroatoms. The number of rotatable bonds is 4. The van der Waals surface area contributed by atoms with Gasteiger partial charge in [-0.05, 0) is 56.9 Å². The van der Waals surface area contributed by atoms with E-state index in [1.54, 1.807) is 19.0 Å². The average molecular weight is 262 g/mol. The Morgan fingerprint density at radius 1 is 1.05 bits per heavy atom. The van der Waals surface area contributed by atoms with E-state index in [9.17, 15) is 4.79 Å². The van der Waals surface area contributed by atoms with E-state index in [0.29, 0.717) is 0 Å². The highest BCUT2D eigenvalue weighted by atomic mass is 16.2. The van der Waals surface area contributed by atoms with Gasteiger partial charge in [-0.2, -0.15) is 0 Å². The van der Waals surface area contributed by atoms with E-state index in [-0.39, 0.29) is 18.0 Å². The first-order valence-electron chi connectivity index (χ1n) is 6.79. The van der Waals surface area contributed by atoms with Crippen LogP contribution in [0.2, 0.25) is 0 Å². The first kappa shape index (κ1) is 15.7. The van der Waals surface area contributed by atoms with E-state index in [1.165, 1.54) is 22.3 Å². The molecule has 19 heavy (non-hydrogen) atoms. The predicted octanol–water partition coefficient (Wildman–Crippen LogP) is 2.74. The zero-order chi connectivity index (χ0) is 14.7. The molecule has 0 bridgehead atoms. The van der Waals surface area contributed by atoms with Crippen molar-refractivity contribution in [1.29, 1.82) is 0 Å². The Morgan fingerprint density at radius 2 is 1.58 bits per heavy atom. The van der Waals surface area contributed by atoms with Gasteiger partial charge in [0, 0.05) is 20.1 Å². The third-order valence-electron chi connectivity index (χ3n) is 3.66. The van der Waals surface area contributed by atoms with Crippen molar-refractivity contribution < 1.29 is 4.79 Å². The van der Waals surface area contributed by atoms with E-state index in [0.717, 1.165) is 0 Å². The summed E-state index contributed by atoms with van der Waals surface area (Å²) in [5, 5.41) is 3.37. The number of nitrogens with one attached hydrogen (secondary N) is 1. The maximum absolute atomic E-state index is 11.9. The summed E-state index contributed by atoms with van der Waals surface area (Å²) >= 11 is 0. The van der Waals surface area contributed by atoms with Gasteiger partial charge in [-0.1, -0.05) is 12.1 Å². The molecule has 1 N–H and O–H groups in total. The summed E-state index contributed by atoms with van der Waals surface area (Å²) in [6, 6.07) is 4.42. The lowest BCUT2D eigenvalue weighted by atomic mass is 9.96. The van der Waals surface area contributed by atoms with Crippen LogP contribution in [-0.4, -0.2) is 30.9 Å². The molecule has 1 amide bonds. The van der Waals surface area contributed by atoms with Gasteiger partial charge in [-0.25, -0.2) is 0 Å². The van der Waals surface area contributed by atoms with Gasteiger partial charge in [0.05, 0.1) is 6.04 Å². The van der Waals surface area contributed by atoms with Crippen molar-refractivity contribution in [1.82, 2.24) is 10.2 Å². The summed E-state index contributed by atoms with van der Waals surface area (Å²) in [4.78, 5) is 13.5. The number of hydrogen-bond donors (Lipinski definition) is 1. The van der Waals surface area contributed by atoms with Gasteiger partial charge < -0.3 is 4.90 Å². The van der Waals surface area contributed by atoms with E-state index in [1.807, 2.05) is 6.92 Å². The van der Waals surface area contributed by atoms with Crippen molar-refractivity contribution in [2.75, 3.05) is 14.1 Å². The van der Waals surface area contributed by atoms with E-state index >= 15 is 0 Å². The highest BCUT2D eigenvalue weighted by molar-refractivity contribution is 5.80. The molecule has 0 spiro atoms. The van der Waals surface area contributed by atoms with Crippen molar-refractivity contribution in [3.8, 4) is 0 Å². The van der Waals surface area contributed by atoms with E-state index in [4.69, 9.17) is 0 Å². The van der Waals surface area contributed by atoms with Crippen molar-refractivity contribution in [2.45, 2.75) is 46.7 Å². The smallest absolute Gasteiger partial charge is 0.238 e. The molecule has 1 aromatic carbocycles. The molecular formula is C16H26N2O. The molecule has 1 rings (SSSR count). The SMILES string of the molecule is Cc1cc(C)c(C(C)NC(C)C(=O)N(C)C)cc1C. The molecule has 0 aliphatic heterocycles. The summed E-state index contributed by atoms with van der Waals surface area (Å²) in [5.74, 6) is 0.105. The van der Waals surface area contributed by atoms with Crippen LogP contribution in [0.5, 0.6) is 0 Å². The summed E-state index contributed by atoms with van der Waals surface area (Å²) in [6.07, 6.45) is 0. The fourth-order valence-corrected chi connectivity index (χ4v) is 2.37. The standard InChI is InChI=1S/C16H26N2O/c1-10-8-12(3)15(9-11(10)2)13(4)17-14(5)16(19)18(6)7/h8-9,13-14,17H,1-7H3. The molecule has 1 aromatic rings. The number of carbonyl (C=O) groups excluding carboxylic acids is 1. The first-order chi connectivity index (χ1) is 8.73. The Bertz CT molecular complexity index is 466.